The number of benzene rings is 2. The van der Waals surface area contributed by atoms with Crippen LogP contribution in [-0.2, 0) is 0 Å². The number of nitro benzene ring substituents is 1. The number of hydroxylamine groups is 1. The van der Waals surface area contributed by atoms with Gasteiger partial charge >= 0.3 is 0 Å². The second-order valence-corrected chi connectivity index (χ2v) is 5.54. The number of hydrogen-bond donors (Lipinski definition) is 2. The molecular weight excluding hydrogens is 290 g/mol. The van der Waals surface area contributed by atoms with Crippen LogP contribution in [-0.4, -0.2) is 16.0 Å². The Morgan fingerprint density at radius 3 is 2.67 bits per heavy atom. The molecule has 0 radical (unpaired) electrons. The molecule has 6 nitrogen and oxygen atoms in total. The average molecular weight is 301 g/mol. The number of amidine groups is 1. The predicted octanol–water partition coefficient (Wildman–Crippen LogP) is 3.45. The number of nitrogens with one attached hydrogen (secondary N) is 1. The summed E-state index contributed by atoms with van der Waals surface area (Å²) in [5, 5.41) is 20.0. The minimum Gasteiger partial charge on any atom is -0.290 e. The molecule has 2 aromatic rings. The van der Waals surface area contributed by atoms with Gasteiger partial charge in [-0.2, -0.15) is 0 Å². The van der Waals surface area contributed by atoms with E-state index in [0.717, 1.165) is 10.6 Å². The molecule has 0 fully saturated rings. The van der Waals surface area contributed by atoms with E-state index in [-0.39, 0.29) is 11.5 Å². The summed E-state index contributed by atoms with van der Waals surface area (Å²) in [4.78, 5) is 16.0. The lowest BCUT2D eigenvalue weighted by Gasteiger charge is -2.23. The first-order valence-electron chi connectivity index (χ1n) is 6.18. The highest BCUT2D eigenvalue weighted by Gasteiger charge is 2.30. The van der Waals surface area contributed by atoms with Crippen LogP contribution in [0.2, 0.25) is 0 Å². The van der Waals surface area contributed by atoms with Gasteiger partial charge in [0.1, 0.15) is 11.1 Å². The summed E-state index contributed by atoms with van der Waals surface area (Å²) < 4.78 is 0. The van der Waals surface area contributed by atoms with E-state index in [4.69, 9.17) is 0 Å². The van der Waals surface area contributed by atoms with Gasteiger partial charge in [-0.05, 0) is 12.1 Å². The van der Waals surface area contributed by atoms with E-state index in [1.165, 1.54) is 17.8 Å². The van der Waals surface area contributed by atoms with E-state index >= 15 is 0 Å². The van der Waals surface area contributed by atoms with Crippen molar-refractivity contribution >= 4 is 29.0 Å². The minimum absolute atomic E-state index is 0.0114. The highest BCUT2D eigenvalue weighted by molar-refractivity contribution is 8.00. The number of nitrogens with zero attached hydrogens (tertiary/aromatic N) is 2. The van der Waals surface area contributed by atoms with Gasteiger partial charge in [0.15, 0.2) is 0 Å². The van der Waals surface area contributed by atoms with Crippen molar-refractivity contribution < 1.29 is 10.1 Å². The van der Waals surface area contributed by atoms with Gasteiger partial charge in [0.25, 0.3) is 5.69 Å². The van der Waals surface area contributed by atoms with Gasteiger partial charge in [-0.3, -0.25) is 20.8 Å². The van der Waals surface area contributed by atoms with Crippen LogP contribution >= 0.6 is 11.8 Å². The number of rotatable bonds is 2. The van der Waals surface area contributed by atoms with Gasteiger partial charge in [-0.15, -0.1) is 11.8 Å². The molecule has 1 aliphatic heterocycles. The van der Waals surface area contributed by atoms with Gasteiger partial charge in [-0.25, -0.2) is 4.99 Å². The Hall–Kier alpha value is -2.38. The van der Waals surface area contributed by atoms with Crippen LogP contribution in [0.5, 0.6) is 0 Å². The maximum absolute atomic E-state index is 11.2. The highest BCUT2D eigenvalue weighted by atomic mass is 32.2. The molecule has 0 saturated carbocycles. The first-order valence-corrected chi connectivity index (χ1v) is 7.06. The van der Waals surface area contributed by atoms with Crippen molar-refractivity contribution in [2.75, 3.05) is 0 Å². The smallest absolute Gasteiger partial charge is 0.274 e. The lowest BCUT2D eigenvalue weighted by atomic mass is 10.1. The standard InChI is InChI=1S/C14H11N3O3S/c18-16-14-13(9-5-1-3-7-11(9)17(19)20)21-12-8-4-2-6-10(12)15-14/h1-8,13,18H,(H,15,16). The van der Waals surface area contributed by atoms with Crippen molar-refractivity contribution in [2.45, 2.75) is 10.1 Å². The Morgan fingerprint density at radius 2 is 1.90 bits per heavy atom. The zero-order valence-corrected chi connectivity index (χ0v) is 11.6. The topological polar surface area (TPSA) is 87.8 Å². The minimum atomic E-state index is -0.452. The zero-order valence-electron chi connectivity index (χ0n) is 10.8. The molecule has 0 saturated heterocycles. The number of hydrogen-bond acceptors (Lipinski definition) is 6. The van der Waals surface area contributed by atoms with Crippen molar-refractivity contribution in [3.05, 3.63) is 64.2 Å². The fraction of sp³-hybridized carbons (Fsp3) is 0.0714. The molecule has 0 spiro atoms. The molecule has 1 heterocycles. The van der Waals surface area contributed by atoms with Crippen LogP contribution in [0.3, 0.4) is 0 Å². The number of aliphatic imine (C=N–C) groups is 1. The molecule has 0 aromatic heterocycles. The fourth-order valence-electron chi connectivity index (χ4n) is 2.19. The molecule has 21 heavy (non-hydrogen) atoms. The number of nitro groups is 1. The molecule has 0 bridgehead atoms. The third-order valence-electron chi connectivity index (χ3n) is 3.13. The van der Waals surface area contributed by atoms with Crippen LogP contribution in [0.4, 0.5) is 11.4 Å². The summed E-state index contributed by atoms with van der Waals surface area (Å²) in [6.45, 7) is 0. The number of thioether (sulfide) groups is 1. The fourth-order valence-corrected chi connectivity index (χ4v) is 3.38. The van der Waals surface area contributed by atoms with Crippen LogP contribution in [0.25, 0.3) is 0 Å². The molecule has 106 valence electrons. The SMILES string of the molecule is O=[N+]([O-])c1ccccc1C1Sc2ccccc2N=C1NO. The van der Waals surface area contributed by atoms with Crippen LogP contribution in [0.15, 0.2) is 58.4 Å². The van der Waals surface area contributed by atoms with E-state index < -0.39 is 10.2 Å². The second-order valence-electron chi connectivity index (χ2n) is 4.39. The Bertz CT molecular complexity index is 733. The van der Waals surface area contributed by atoms with Gasteiger partial charge in [0, 0.05) is 11.0 Å². The van der Waals surface area contributed by atoms with E-state index in [1.54, 1.807) is 18.2 Å². The predicted molar refractivity (Wildman–Crippen MR) is 80.2 cm³/mol. The lowest BCUT2D eigenvalue weighted by molar-refractivity contribution is -0.385. The Balaban J connectivity index is 2.10. The molecular formula is C14H11N3O3S. The lowest BCUT2D eigenvalue weighted by Crippen LogP contribution is -2.26. The van der Waals surface area contributed by atoms with Gasteiger partial charge in [0.2, 0.25) is 0 Å². The molecule has 3 rings (SSSR count). The van der Waals surface area contributed by atoms with Crippen LogP contribution < -0.4 is 5.48 Å². The average Bonchev–Trinajstić information content (AvgIpc) is 2.53. The summed E-state index contributed by atoms with van der Waals surface area (Å²) in [7, 11) is 0. The Kier molecular flexibility index (Phi) is 3.59. The first kappa shape index (κ1) is 13.6. The first-order chi connectivity index (χ1) is 10.2. The number of fused-ring (bicyclic) bond motifs is 1. The van der Waals surface area contributed by atoms with Crippen LogP contribution in [0, 0.1) is 10.1 Å². The summed E-state index contributed by atoms with van der Waals surface area (Å²) >= 11 is 1.42. The maximum atomic E-state index is 11.2. The van der Waals surface area contributed by atoms with Crippen molar-refractivity contribution in [3.8, 4) is 0 Å². The second kappa shape index (κ2) is 5.55. The van der Waals surface area contributed by atoms with E-state index in [2.05, 4.69) is 10.5 Å². The van der Waals surface area contributed by atoms with Gasteiger partial charge in [-0.1, -0.05) is 30.3 Å². The molecule has 2 N–H and O–H groups in total. The van der Waals surface area contributed by atoms with Gasteiger partial charge in [0.05, 0.1) is 16.2 Å². The van der Waals surface area contributed by atoms with Crippen molar-refractivity contribution in [2.24, 2.45) is 4.99 Å². The quantitative estimate of drug-likeness (QED) is 0.655. The van der Waals surface area contributed by atoms with E-state index in [1.807, 2.05) is 24.3 Å². The maximum Gasteiger partial charge on any atom is 0.274 e. The summed E-state index contributed by atoms with van der Waals surface area (Å²) in [5.41, 5.74) is 3.31. The Labute approximate surface area is 124 Å². The molecule has 1 aliphatic rings. The number of para-hydroxylation sites is 2. The molecule has 2 aromatic carbocycles. The third-order valence-corrected chi connectivity index (χ3v) is 4.44. The normalized spacial score (nSPS) is 16.8. The summed E-state index contributed by atoms with van der Waals surface area (Å²) in [6.07, 6.45) is 0. The van der Waals surface area contributed by atoms with E-state index in [9.17, 15) is 15.3 Å². The summed E-state index contributed by atoms with van der Waals surface area (Å²) in [6, 6.07) is 13.9. The largest absolute Gasteiger partial charge is 0.290 e. The molecule has 0 amide bonds. The molecule has 0 aliphatic carbocycles. The van der Waals surface area contributed by atoms with Crippen molar-refractivity contribution in [1.82, 2.24) is 5.48 Å². The van der Waals surface area contributed by atoms with Gasteiger partial charge < -0.3 is 0 Å². The van der Waals surface area contributed by atoms with Crippen molar-refractivity contribution in [1.29, 1.82) is 0 Å². The third kappa shape index (κ3) is 2.48. The van der Waals surface area contributed by atoms with Crippen molar-refractivity contribution in [3.63, 3.8) is 0 Å². The molecule has 7 heteroatoms. The Morgan fingerprint density at radius 1 is 1.19 bits per heavy atom. The monoisotopic (exact) mass is 301 g/mol. The highest BCUT2D eigenvalue weighted by Crippen LogP contribution is 2.46. The zero-order chi connectivity index (χ0) is 14.8. The van der Waals surface area contributed by atoms with Crippen LogP contribution in [0.1, 0.15) is 10.8 Å². The van der Waals surface area contributed by atoms with E-state index in [0.29, 0.717) is 5.56 Å². The molecule has 1 atom stereocenters. The molecule has 1 unspecified atom stereocenters. The summed E-state index contributed by atoms with van der Waals surface area (Å²) in [5.74, 6) is 0.285.